The Balaban J connectivity index is 1.76. The first-order valence-electron chi connectivity index (χ1n) is 8.77. The summed E-state index contributed by atoms with van der Waals surface area (Å²) in [5.41, 5.74) is 0.818. The molecule has 0 saturated heterocycles. The second-order valence-electron chi connectivity index (χ2n) is 6.27. The summed E-state index contributed by atoms with van der Waals surface area (Å²) in [5, 5.41) is 5.50. The van der Waals surface area contributed by atoms with Gasteiger partial charge in [-0.3, -0.25) is 9.78 Å². The zero-order chi connectivity index (χ0) is 20.6. The largest absolute Gasteiger partial charge is 0.418 e. The number of halogens is 3. The van der Waals surface area contributed by atoms with Gasteiger partial charge in [0.15, 0.2) is 5.82 Å². The standard InChI is InChI=1S/C20H15F3N4OS/c1-2-11-8-10-29-19(11)27-18(28)12-5-3-7-14-15(12)26-17(25-14)16-13(20(21,22)23)6-4-9-24-16/h3-10H,2H2,1H3,(H,25,26)(H,27,28). The smallest absolute Gasteiger partial charge is 0.337 e. The van der Waals surface area contributed by atoms with Crippen molar-refractivity contribution in [2.24, 2.45) is 0 Å². The SMILES string of the molecule is CCc1ccsc1NC(=O)c1cccc2[nH]c(-c3ncccc3C(F)(F)F)nc12. The van der Waals surface area contributed by atoms with Crippen LogP contribution < -0.4 is 5.32 Å². The Morgan fingerprint density at radius 3 is 2.79 bits per heavy atom. The number of thiophene rings is 1. The quantitative estimate of drug-likeness (QED) is 0.460. The molecule has 0 aliphatic carbocycles. The van der Waals surface area contributed by atoms with Crippen molar-refractivity contribution in [1.29, 1.82) is 0 Å². The van der Waals surface area contributed by atoms with Gasteiger partial charge in [-0.1, -0.05) is 13.0 Å². The lowest BCUT2D eigenvalue weighted by Crippen LogP contribution is -2.12. The number of anilines is 1. The van der Waals surface area contributed by atoms with Crippen LogP contribution in [0.25, 0.3) is 22.6 Å². The van der Waals surface area contributed by atoms with Gasteiger partial charge in [0, 0.05) is 6.20 Å². The number of alkyl halides is 3. The third kappa shape index (κ3) is 3.61. The number of aromatic nitrogens is 3. The lowest BCUT2D eigenvalue weighted by molar-refractivity contribution is -0.137. The van der Waals surface area contributed by atoms with Crippen LogP contribution in [0.4, 0.5) is 18.2 Å². The van der Waals surface area contributed by atoms with Gasteiger partial charge >= 0.3 is 6.18 Å². The van der Waals surface area contributed by atoms with Gasteiger partial charge in [0.2, 0.25) is 0 Å². The van der Waals surface area contributed by atoms with E-state index in [0.717, 1.165) is 23.1 Å². The Kier molecular flexibility index (Phi) is 4.83. The van der Waals surface area contributed by atoms with Crippen molar-refractivity contribution < 1.29 is 18.0 Å². The number of hydrogen-bond acceptors (Lipinski definition) is 4. The lowest BCUT2D eigenvalue weighted by Gasteiger charge is -2.09. The maximum absolute atomic E-state index is 13.3. The number of para-hydroxylation sites is 1. The Morgan fingerprint density at radius 1 is 1.21 bits per heavy atom. The molecule has 0 aliphatic rings. The minimum absolute atomic E-state index is 0.0430. The Hall–Kier alpha value is -3.20. The molecule has 0 unspecified atom stereocenters. The van der Waals surface area contributed by atoms with Crippen molar-refractivity contribution >= 4 is 33.3 Å². The van der Waals surface area contributed by atoms with Crippen LogP contribution in [-0.4, -0.2) is 20.9 Å². The minimum atomic E-state index is -4.57. The van der Waals surface area contributed by atoms with Crippen LogP contribution in [0.1, 0.15) is 28.4 Å². The molecule has 2 N–H and O–H groups in total. The number of pyridine rings is 1. The molecule has 1 amide bonds. The molecule has 4 aromatic rings. The molecule has 29 heavy (non-hydrogen) atoms. The van der Waals surface area contributed by atoms with E-state index in [1.54, 1.807) is 18.2 Å². The average molecular weight is 416 g/mol. The topological polar surface area (TPSA) is 70.7 Å². The zero-order valence-corrected chi connectivity index (χ0v) is 16.0. The number of amides is 1. The van der Waals surface area contributed by atoms with E-state index in [2.05, 4.69) is 20.3 Å². The molecule has 5 nitrogen and oxygen atoms in total. The van der Waals surface area contributed by atoms with Gasteiger partial charge in [-0.05, 0) is 47.7 Å². The van der Waals surface area contributed by atoms with E-state index in [-0.39, 0.29) is 28.5 Å². The van der Waals surface area contributed by atoms with E-state index in [4.69, 9.17) is 0 Å². The predicted octanol–water partition coefficient (Wildman–Crippen LogP) is 5.52. The molecule has 0 spiro atoms. The highest BCUT2D eigenvalue weighted by atomic mass is 32.1. The van der Waals surface area contributed by atoms with Crippen molar-refractivity contribution in [2.75, 3.05) is 5.32 Å². The molecule has 0 atom stereocenters. The van der Waals surface area contributed by atoms with Crippen LogP contribution in [0.5, 0.6) is 0 Å². The van der Waals surface area contributed by atoms with E-state index in [1.807, 2.05) is 18.4 Å². The summed E-state index contributed by atoms with van der Waals surface area (Å²) in [6.07, 6.45) is -2.53. The molecule has 148 valence electrons. The third-order valence-electron chi connectivity index (χ3n) is 4.45. The van der Waals surface area contributed by atoms with Gasteiger partial charge < -0.3 is 10.3 Å². The average Bonchev–Trinajstić information content (AvgIpc) is 3.33. The summed E-state index contributed by atoms with van der Waals surface area (Å²) in [6.45, 7) is 1.99. The van der Waals surface area contributed by atoms with Crippen LogP contribution in [0.2, 0.25) is 0 Å². The van der Waals surface area contributed by atoms with E-state index in [9.17, 15) is 18.0 Å². The fraction of sp³-hybridized carbons (Fsp3) is 0.150. The molecule has 0 fully saturated rings. The molecule has 4 rings (SSSR count). The molecular formula is C20H15F3N4OS. The highest BCUT2D eigenvalue weighted by Gasteiger charge is 2.35. The molecule has 0 radical (unpaired) electrons. The summed E-state index contributed by atoms with van der Waals surface area (Å²) in [5.74, 6) is -0.415. The van der Waals surface area contributed by atoms with Crippen LogP contribution in [-0.2, 0) is 12.6 Å². The maximum atomic E-state index is 13.3. The van der Waals surface area contributed by atoms with Gasteiger partial charge in [0.1, 0.15) is 11.2 Å². The van der Waals surface area contributed by atoms with Crippen LogP contribution >= 0.6 is 11.3 Å². The van der Waals surface area contributed by atoms with Crippen LogP contribution in [0.3, 0.4) is 0 Å². The van der Waals surface area contributed by atoms with Gasteiger partial charge in [0.25, 0.3) is 5.91 Å². The normalized spacial score (nSPS) is 11.7. The molecular weight excluding hydrogens is 401 g/mol. The highest BCUT2D eigenvalue weighted by Crippen LogP contribution is 2.35. The van der Waals surface area contributed by atoms with Crippen molar-refractivity contribution in [1.82, 2.24) is 15.0 Å². The molecule has 0 bridgehead atoms. The first-order chi connectivity index (χ1) is 13.9. The first-order valence-corrected chi connectivity index (χ1v) is 9.65. The third-order valence-corrected chi connectivity index (χ3v) is 5.32. The number of aromatic amines is 1. The van der Waals surface area contributed by atoms with E-state index < -0.39 is 11.7 Å². The number of H-pyrrole nitrogens is 1. The lowest BCUT2D eigenvalue weighted by atomic mass is 10.1. The van der Waals surface area contributed by atoms with E-state index >= 15 is 0 Å². The molecule has 0 saturated carbocycles. The molecule has 0 aliphatic heterocycles. The van der Waals surface area contributed by atoms with Gasteiger partial charge in [-0.15, -0.1) is 11.3 Å². The molecule has 9 heteroatoms. The van der Waals surface area contributed by atoms with Gasteiger partial charge in [-0.2, -0.15) is 13.2 Å². The van der Waals surface area contributed by atoms with Crippen molar-refractivity contribution in [3.63, 3.8) is 0 Å². The first kappa shape index (κ1) is 19.1. The van der Waals surface area contributed by atoms with E-state index in [1.165, 1.54) is 23.6 Å². The summed E-state index contributed by atoms with van der Waals surface area (Å²) >= 11 is 1.41. The number of fused-ring (bicyclic) bond motifs is 1. The van der Waals surface area contributed by atoms with Crippen LogP contribution in [0.15, 0.2) is 48.0 Å². The number of carbonyl (C=O) groups is 1. The van der Waals surface area contributed by atoms with Gasteiger partial charge in [-0.25, -0.2) is 4.98 Å². The fourth-order valence-electron chi connectivity index (χ4n) is 3.04. The summed E-state index contributed by atoms with van der Waals surface area (Å²) in [7, 11) is 0. The number of imidazole rings is 1. The van der Waals surface area contributed by atoms with Crippen molar-refractivity contribution in [2.45, 2.75) is 19.5 Å². The monoisotopic (exact) mass is 416 g/mol. The Bertz CT molecular complexity index is 1200. The Morgan fingerprint density at radius 2 is 2.03 bits per heavy atom. The maximum Gasteiger partial charge on any atom is 0.418 e. The number of nitrogens with zero attached hydrogens (tertiary/aromatic N) is 2. The number of benzene rings is 1. The van der Waals surface area contributed by atoms with Crippen molar-refractivity contribution in [3.8, 4) is 11.5 Å². The number of aryl methyl sites for hydroxylation is 1. The number of hydrogen-bond donors (Lipinski definition) is 2. The molecule has 1 aromatic carbocycles. The zero-order valence-electron chi connectivity index (χ0n) is 15.2. The van der Waals surface area contributed by atoms with E-state index in [0.29, 0.717) is 5.52 Å². The predicted molar refractivity (Wildman–Crippen MR) is 106 cm³/mol. The fourth-order valence-corrected chi connectivity index (χ4v) is 3.93. The highest BCUT2D eigenvalue weighted by molar-refractivity contribution is 7.14. The minimum Gasteiger partial charge on any atom is -0.337 e. The second-order valence-corrected chi connectivity index (χ2v) is 7.18. The number of rotatable bonds is 4. The van der Waals surface area contributed by atoms with Crippen LogP contribution in [0, 0.1) is 0 Å². The van der Waals surface area contributed by atoms with Crippen molar-refractivity contribution in [3.05, 3.63) is 64.7 Å². The van der Waals surface area contributed by atoms with Gasteiger partial charge in [0.05, 0.1) is 21.6 Å². The second kappa shape index (κ2) is 7.32. The molecule has 3 heterocycles. The summed E-state index contributed by atoms with van der Waals surface area (Å²) in [6, 6.07) is 9.00. The number of nitrogens with one attached hydrogen (secondary N) is 2. The summed E-state index contributed by atoms with van der Waals surface area (Å²) in [4.78, 5) is 23.8. The number of carbonyl (C=O) groups excluding carboxylic acids is 1. The summed E-state index contributed by atoms with van der Waals surface area (Å²) < 4.78 is 40.0. The Labute approximate surface area is 167 Å². The molecule has 3 aromatic heterocycles.